The first-order valence-electron chi connectivity index (χ1n) is 18.5. The maximum Gasteiger partial charge on any atom is 0.471 e. The van der Waals surface area contributed by atoms with Crippen LogP contribution in [0.1, 0.15) is 18.1 Å². The number of halogens is 8. The molecule has 0 spiro atoms. The van der Waals surface area contributed by atoms with E-state index in [0.29, 0.717) is 17.6 Å². The van der Waals surface area contributed by atoms with E-state index in [1.165, 1.54) is 12.1 Å². The number of sulfone groups is 2. The van der Waals surface area contributed by atoms with Crippen LogP contribution in [0.2, 0.25) is 0 Å². The average molecular weight is 939 g/mol. The second-order valence-electron chi connectivity index (χ2n) is 13.9. The summed E-state index contributed by atoms with van der Waals surface area (Å²) in [6.45, 7) is 3.04. The number of ether oxygens (including phenoxy) is 5. The lowest BCUT2D eigenvalue weighted by atomic mass is 10.1. The van der Waals surface area contributed by atoms with E-state index >= 15 is 0 Å². The average Bonchev–Trinajstić information content (AvgIpc) is 3.25. The van der Waals surface area contributed by atoms with E-state index in [1.807, 2.05) is 6.92 Å². The summed E-state index contributed by atoms with van der Waals surface area (Å²) >= 11 is 0. The maximum absolute atomic E-state index is 14.3. The number of alkyl halides is 8. The molecule has 64 heavy (non-hydrogen) atoms. The van der Waals surface area contributed by atoms with Crippen LogP contribution in [0.3, 0.4) is 0 Å². The van der Waals surface area contributed by atoms with Crippen molar-refractivity contribution in [2.75, 3.05) is 14.2 Å². The zero-order chi connectivity index (χ0) is 47.3. The van der Waals surface area contributed by atoms with Crippen molar-refractivity contribution in [2.45, 2.75) is 64.2 Å². The molecule has 340 valence electrons. The quantitative estimate of drug-likeness (QED) is 0.0928. The summed E-state index contributed by atoms with van der Waals surface area (Å²) in [5, 5.41) is 0. The monoisotopic (exact) mass is 938 g/mol. The molecule has 0 aliphatic rings. The summed E-state index contributed by atoms with van der Waals surface area (Å²) in [6, 6.07) is 33.4. The summed E-state index contributed by atoms with van der Waals surface area (Å²) in [4.78, 5) is 0.337. The van der Waals surface area contributed by atoms with Crippen LogP contribution in [0.5, 0.6) is 40.2 Å². The molecule has 0 amide bonds. The number of rotatable bonds is 15. The van der Waals surface area contributed by atoms with Gasteiger partial charge in [0.05, 0.1) is 33.8 Å². The van der Waals surface area contributed by atoms with Gasteiger partial charge in [-0.1, -0.05) is 35.4 Å². The van der Waals surface area contributed by atoms with Crippen LogP contribution >= 0.6 is 0 Å². The molecule has 0 heterocycles. The van der Waals surface area contributed by atoms with Crippen molar-refractivity contribution in [3.8, 4) is 40.2 Å². The van der Waals surface area contributed by atoms with Gasteiger partial charge in [-0.2, -0.15) is 35.1 Å². The van der Waals surface area contributed by atoms with Gasteiger partial charge in [-0.3, -0.25) is 0 Å². The minimum atomic E-state index is -6.66. The minimum Gasteiger partial charge on any atom is -0.497 e. The Morgan fingerprint density at radius 1 is 0.406 bits per heavy atom. The number of methoxy groups -OCH3 is 2. The summed E-state index contributed by atoms with van der Waals surface area (Å²) in [6.07, 6.45) is -6.15. The second-order valence-corrected chi connectivity index (χ2v) is 17.8. The molecule has 19 heteroatoms. The predicted octanol–water partition coefficient (Wildman–Crippen LogP) is 12.2. The number of aryl methyl sites for hydroxylation is 2. The molecule has 0 radical (unpaired) electrons. The molecule has 0 bridgehead atoms. The lowest BCUT2D eigenvalue weighted by molar-refractivity contribution is -0.405. The van der Waals surface area contributed by atoms with Crippen LogP contribution in [0.25, 0.3) is 0 Å². The van der Waals surface area contributed by atoms with Gasteiger partial charge in [0.2, 0.25) is 19.7 Å². The van der Waals surface area contributed by atoms with Gasteiger partial charge in [0.15, 0.2) is 11.5 Å². The van der Waals surface area contributed by atoms with Crippen molar-refractivity contribution in [1.29, 1.82) is 0 Å². The number of hydrogen-bond donors (Lipinski definition) is 0. The Morgan fingerprint density at radius 3 is 1.11 bits per heavy atom. The van der Waals surface area contributed by atoms with Crippen molar-refractivity contribution in [3.05, 3.63) is 151 Å². The first kappa shape index (κ1) is 48.7. The van der Waals surface area contributed by atoms with Gasteiger partial charge in [0, 0.05) is 13.0 Å². The molecule has 9 nitrogen and oxygen atoms in total. The SMILES string of the molecule is COc1ccc(Oc2ccc(S(=O)(=O)c3ccc(C)cc3)cc2)c(OC(F)(F)C(F)(F)C(F)(F)C(C)(F)F)c1.COc1ccc(Oc2ccc(S(=O)(=O)c3ccc(C)cc3)cc2)cc1. The highest BCUT2D eigenvalue weighted by atomic mass is 32.2. The summed E-state index contributed by atoms with van der Waals surface area (Å²) in [5.74, 6) is -19.2. The number of benzene rings is 6. The Hall–Kier alpha value is -6.34. The van der Waals surface area contributed by atoms with Crippen molar-refractivity contribution < 1.29 is 75.6 Å². The Kier molecular flexibility index (Phi) is 14.3. The third-order valence-corrected chi connectivity index (χ3v) is 12.7. The third kappa shape index (κ3) is 10.7. The van der Waals surface area contributed by atoms with Crippen molar-refractivity contribution >= 4 is 19.7 Å². The fourth-order valence-electron chi connectivity index (χ4n) is 5.43. The van der Waals surface area contributed by atoms with Crippen molar-refractivity contribution in [1.82, 2.24) is 0 Å². The Bertz CT molecular complexity index is 2750. The normalized spacial score (nSPS) is 12.4. The maximum atomic E-state index is 14.3. The first-order valence-corrected chi connectivity index (χ1v) is 21.5. The molecule has 0 aromatic heterocycles. The van der Waals surface area contributed by atoms with E-state index < -0.39 is 62.0 Å². The van der Waals surface area contributed by atoms with Crippen LogP contribution in [0.15, 0.2) is 159 Å². The molecule has 6 aromatic carbocycles. The Morgan fingerprint density at radius 2 is 0.734 bits per heavy atom. The lowest BCUT2D eigenvalue weighted by Gasteiger charge is -2.35. The van der Waals surface area contributed by atoms with Gasteiger partial charge in [-0.25, -0.2) is 16.8 Å². The summed E-state index contributed by atoms with van der Waals surface area (Å²) in [5.41, 5.74) is 1.84. The molecule has 6 rings (SSSR count). The fraction of sp³-hybridized carbons (Fsp3) is 0.200. The highest BCUT2D eigenvalue weighted by molar-refractivity contribution is 7.91. The van der Waals surface area contributed by atoms with Crippen LogP contribution in [0.4, 0.5) is 35.1 Å². The smallest absolute Gasteiger partial charge is 0.471 e. The van der Waals surface area contributed by atoms with Crippen LogP contribution < -0.4 is 23.7 Å². The summed E-state index contributed by atoms with van der Waals surface area (Å²) in [7, 11) is -4.81. The molecule has 6 aromatic rings. The lowest BCUT2D eigenvalue weighted by Crippen LogP contribution is -2.63. The topological polar surface area (TPSA) is 114 Å². The molecule has 0 saturated carbocycles. The van der Waals surface area contributed by atoms with Gasteiger partial charge < -0.3 is 23.7 Å². The molecule has 0 N–H and O–H groups in total. The van der Waals surface area contributed by atoms with Gasteiger partial charge >= 0.3 is 23.9 Å². The van der Waals surface area contributed by atoms with Crippen LogP contribution in [-0.4, -0.2) is 54.9 Å². The van der Waals surface area contributed by atoms with Gasteiger partial charge in [0.1, 0.15) is 28.7 Å². The third-order valence-electron chi connectivity index (χ3n) is 9.15. The zero-order valence-corrected chi connectivity index (χ0v) is 35.9. The van der Waals surface area contributed by atoms with E-state index in [0.717, 1.165) is 60.4 Å². The Balaban J connectivity index is 0.000000264. The van der Waals surface area contributed by atoms with E-state index in [-0.39, 0.29) is 31.1 Å². The van der Waals surface area contributed by atoms with E-state index in [2.05, 4.69) is 4.74 Å². The number of hydrogen-bond acceptors (Lipinski definition) is 9. The first-order chi connectivity index (χ1) is 29.8. The molecular weight excluding hydrogens is 901 g/mol. The van der Waals surface area contributed by atoms with Gasteiger partial charge in [0.25, 0.3) is 0 Å². The highest BCUT2D eigenvalue weighted by Crippen LogP contribution is 2.53. The molecular formula is C45H38F8O9S2. The zero-order valence-electron chi connectivity index (χ0n) is 34.3. The predicted molar refractivity (Wildman–Crippen MR) is 218 cm³/mol. The molecule has 0 aliphatic carbocycles. The van der Waals surface area contributed by atoms with Gasteiger partial charge in [-0.15, -0.1) is 0 Å². The van der Waals surface area contributed by atoms with E-state index in [4.69, 9.17) is 18.9 Å². The largest absolute Gasteiger partial charge is 0.497 e. The molecule has 0 atom stereocenters. The van der Waals surface area contributed by atoms with Crippen molar-refractivity contribution in [3.63, 3.8) is 0 Å². The Labute approximate surface area is 363 Å². The van der Waals surface area contributed by atoms with E-state index in [1.54, 1.807) is 99.0 Å². The second kappa shape index (κ2) is 18.8. The van der Waals surface area contributed by atoms with E-state index in [9.17, 15) is 52.0 Å². The molecule has 0 saturated heterocycles. The van der Waals surface area contributed by atoms with Crippen LogP contribution in [0, 0.1) is 13.8 Å². The van der Waals surface area contributed by atoms with Crippen molar-refractivity contribution in [2.24, 2.45) is 0 Å². The standard InChI is InChI=1S/C25H20F8O5S.C20H18O4S/c1-15-4-9-18(10-5-15)39(34,35)19-11-6-16(7-12-19)37-20-13-8-17(36-3)14-21(20)38-25(32,33)24(30,31)23(28,29)22(2,26)27;1-15-3-11-19(12-4-15)25(21,22)20-13-9-18(10-14-20)24-17-7-5-16(23-2)6-8-17/h4-14H,1-3H3;3-14H,1-2H3. The fourth-order valence-corrected chi connectivity index (χ4v) is 7.95. The molecule has 0 aliphatic heterocycles. The highest BCUT2D eigenvalue weighted by Gasteiger charge is 2.81. The van der Waals surface area contributed by atoms with Gasteiger partial charge in [-0.05, 0) is 123 Å². The summed E-state index contributed by atoms with van der Waals surface area (Å²) < 4.78 is 186. The minimum absolute atomic E-state index is 0.00905. The van der Waals surface area contributed by atoms with Crippen LogP contribution in [-0.2, 0) is 19.7 Å². The molecule has 0 unspecified atom stereocenters. The molecule has 0 fully saturated rings.